The number of hydrogen-bond donors (Lipinski definition) is 0. The van der Waals surface area contributed by atoms with E-state index >= 15 is 0 Å². The summed E-state index contributed by atoms with van der Waals surface area (Å²) in [6, 6.07) is 0. The Morgan fingerprint density at radius 1 is 1.22 bits per heavy atom. The molecule has 0 radical (unpaired) electrons. The van der Waals surface area contributed by atoms with Crippen LogP contribution in [0, 0.1) is 12.3 Å². The van der Waals surface area contributed by atoms with Gasteiger partial charge in [-0.2, -0.15) is 0 Å². The molecule has 0 aromatic rings. The summed E-state index contributed by atoms with van der Waals surface area (Å²) in [4.78, 5) is 0. The van der Waals surface area contributed by atoms with Crippen LogP contribution in [0.25, 0.3) is 0 Å². The van der Waals surface area contributed by atoms with Crippen molar-refractivity contribution in [1.29, 1.82) is 0 Å². The van der Waals surface area contributed by atoms with E-state index in [9.17, 15) is 0 Å². The highest BCUT2D eigenvalue weighted by molar-refractivity contribution is 9.10. The van der Waals surface area contributed by atoms with Crippen LogP contribution < -0.4 is 0 Å². The summed E-state index contributed by atoms with van der Waals surface area (Å²) >= 11 is 3.56. The minimum Gasteiger partial charge on any atom is -0.119 e. The standard InChI is InChI=1S/C8H11Br/c1-2-8(9)6-4-3-5-7-8/h1H,3-7H2. The zero-order valence-corrected chi connectivity index (χ0v) is 7.08. The first-order chi connectivity index (χ1) is 4.27. The van der Waals surface area contributed by atoms with Crippen LogP contribution in [0.4, 0.5) is 0 Å². The maximum Gasteiger partial charge on any atom is 0.0859 e. The molecular weight excluding hydrogens is 176 g/mol. The van der Waals surface area contributed by atoms with E-state index in [-0.39, 0.29) is 4.32 Å². The molecule has 0 aromatic carbocycles. The number of hydrogen-bond acceptors (Lipinski definition) is 0. The van der Waals surface area contributed by atoms with E-state index in [0.717, 1.165) is 12.8 Å². The lowest BCUT2D eigenvalue weighted by molar-refractivity contribution is 0.469. The molecule has 1 rings (SSSR count). The van der Waals surface area contributed by atoms with Crippen molar-refractivity contribution in [2.24, 2.45) is 0 Å². The molecule has 0 bridgehead atoms. The zero-order chi connectivity index (χ0) is 6.74. The molecule has 0 aromatic heterocycles. The third-order valence-electron chi connectivity index (χ3n) is 1.90. The molecule has 0 spiro atoms. The molecule has 0 nitrogen and oxygen atoms in total. The number of rotatable bonds is 0. The smallest absolute Gasteiger partial charge is 0.0859 e. The first kappa shape index (κ1) is 7.15. The van der Waals surface area contributed by atoms with Crippen molar-refractivity contribution in [2.75, 3.05) is 0 Å². The van der Waals surface area contributed by atoms with E-state index in [1.54, 1.807) is 0 Å². The Morgan fingerprint density at radius 3 is 2.11 bits per heavy atom. The van der Waals surface area contributed by atoms with Gasteiger partial charge in [-0.15, -0.1) is 6.42 Å². The Balaban J connectivity index is 2.49. The highest BCUT2D eigenvalue weighted by atomic mass is 79.9. The molecular formula is C8H11Br. The summed E-state index contributed by atoms with van der Waals surface area (Å²) in [6.45, 7) is 0. The quantitative estimate of drug-likeness (QED) is 0.404. The Bertz CT molecular complexity index is 126. The fraction of sp³-hybridized carbons (Fsp3) is 0.750. The van der Waals surface area contributed by atoms with Gasteiger partial charge in [-0.1, -0.05) is 41.1 Å². The molecule has 1 heteroatoms. The van der Waals surface area contributed by atoms with Crippen molar-refractivity contribution in [1.82, 2.24) is 0 Å². The lowest BCUT2D eigenvalue weighted by atomic mass is 9.90. The minimum absolute atomic E-state index is 0.0608. The molecule has 0 heterocycles. The van der Waals surface area contributed by atoms with Crippen LogP contribution in [-0.4, -0.2) is 4.32 Å². The van der Waals surface area contributed by atoms with Crippen LogP contribution in [0.1, 0.15) is 32.1 Å². The number of halogens is 1. The predicted molar refractivity (Wildman–Crippen MR) is 43.6 cm³/mol. The molecule has 1 aliphatic carbocycles. The van der Waals surface area contributed by atoms with Gasteiger partial charge in [-0.3, -0.25) is 0 Å². The van der Waals surface area contributed by atoms with Gasteiger partial charge in [0.05, 0.1) is 4.32 Å². The van der Waals surface area contributed by atoms with Gasteiger partial charge in [0.1, 0.15) is 0 Å². The normalized spacial score (nSPS) is 24.9. The third kappa shape index (κ3) is 1.72. The van der Waals surface area contributed by atoms with Crippen molar-refractivity contribution in [3.63, 3.8) is 0 Å². The van der Waals surface area contributed by atoms with Gasteiger partial charge in [0.25, 0.3) is 0 Å². The molecule has 0 aliphatic heterocycles. The van der Waals surface area contributed by atoms with Crippen molar-refractivity contribution in [3.8, 4) is 12.3 Å². The summed E-state index contributed by atoms with van der Waals surface area (Å²) in [5.41, 5.74) is 0. The van der Waals surface area contributed by atoms with Gasteiger partial charge >= 0.3 is 0 Å². The molecule has 0 amide bonds. The lowest BCUT2D eigenvalue weighted by Gasteiger charge is -2.25. The van der Waals surface area contributed by atoms with Crippen LogP contribution in [0.5, 0.6) is 0 Å². The maximum absolute atomic E-state index is 5.34. The van der Waals surface area contributed by atoms with Crippen LogP contribution >= 0.6 is 15.9 Å². The highest BCUT2D eigenvalue weighted by Gasteiger charge is 2.25. The second kappa shape index (κ2) is 2.75. The second-order valence-corrected chi connectivity index (χ2v) is 4.19. The van der Waals surface area contributed by atoms with Crippen LogP contribution in [-0.2, 0) is 0 Å². The minimum atomic E-state index is 0.0608. The summed E-state index contributed by atoms with van der Waals surface area (Å²) in [5, 5.41) is 0. The maximum atomic E-state index is 5.34. The Labute approximate surface area is 65.2 Å². The predicted octanol–water partition coefficient (Wildman–Crippen LogP) is 2.72. The van der Waals surface area contributed by atoms with Crippen molar-refractivity contribution in [2.45, 2.75) is 36.4 Å². The molecule has 1 aliphatic rings. The van der Waals surface area contributed by atoms with Crippen LogP contribution in [0.3, 0.4) is 0 Å². The average Bonchev–Trinajstić information content (AvgIpc) is 1.90. The molecule has 0 atom stereocenters. The van der Waals surface area contributed by atoms with Gasteiger partial charge in [0, 0.05) is 0 Å². The van der Waals surface area contributed by atoms with Crippen LogP contribution in [0.2, 0.25) is 0 Å². The van der Waals surface area contributed by atoms with Gasteiger partial charge in [0.15, 0.2) is 0 Å². The van der Waals surface area contributed by atoms with Crippen molar-refractivity contribution in [3.05, 3.63) is 0 Å². The monoisotopic (exact) mass is 186 g/mol. The average molecular weight is 187 g/mol. The number of terminal acetylenes is 1. The topological polar surface area (TPSA) is 0 Å². The molecule has 9 heavy (non-hydrogen) atoms. The Morgan fingerprint density at radius 2 is 1.78 bits per heavy atom. The van der Waals surface area contributed by atoms with E-state index in [2.05, 4.69) is 21.9 Å². The summed E-state index contributed by atoms with van der Waals surface area (Å²) < 4.78 is 0.0608. The fourth-order valence-electron chi connectivity index (χ4n) is 1.26. The van der Waals surface area contributed by atoms with Crippen molar-refractivity contribution >= 4 is 15.9 Å². The van der Waals surface area contributed by atoms with Gasteiger partial charge in [-0.05, 0) is 12.8 Å². The van der Waals surface area contributed by atoms with Crippen molar-refractivity contribution < 1.29 is 0 Å². The van der Waals surface area contributed by atoms with Gasteiger partial charge < -0.3 is 0 Å². The SMILES string of the molecule is C#CC1(Br)CCCCC1. The summed E-state index contributed by atoms with van der Waals surface area (Å²) in [5.74, 6) is 2.80. The zero-order valence-electron chi connectivity index (χ0n) is 5.49. The van der Waals surface area contributed by atoms with Gasteiger partial charge in [-0.25, -0.2) is 0 Å². The molecule has 50 valence electrons. The second-order valence-electron chi connectivity index (χ2n) is 2.67. The first-order valence-electron chi connectivity index (χ1n) is 3.43. The lowest BCUT2D eigenvalue weighted by Crippen LogP contribution is -2.21. The van der Waals surface area contributed by atoms with E-state index in [1.807, 2.05) is 0 Å². The molecule has 1 saturated carbocycles. The van der Waals surface area contributed by atoms with E-state index in [0.29, 0.717) is 0 Å². The molecule has 0 unspecified atom stereocenters. The van der Waals surface area contributed by atoms with E-state index in [4.69, 9.17) is 6.42 Å². The highest BCUT2D eigenvalue weighted by Crippen LogP contribution is 2.34. The molecule has 0 saturated heterocycles. The largest absolute Gasteiger partial charge is 0.119 e. The Hall–Kier alpha value is 0.0400. The van der Waals surface area contributed by atoms with Crippen LogP contribution in [0.15, 0.2) is 0 Å². The molecule has 1 fully saturated rings. The van der Waals surface area contributed by atoms with E-state index < -0.39 is 0 Å². The third-order valence-corrected chi connectivity index (χ3v) is 2.93. The van der Waals surface area contributed by atoms with Gasteiger partial charge in [0.2, 0.25) is 0 Å². The number of alkyl halides is 1. The fourth-order valence-corrected chi connectivity index (χ4v) is 1.82. The summed E-state index contributed by atoms with van der Waals surface area (Å²) in [7, 11) is 0. The van der Waals surface area contributed by atoms with E-state index in [1.165, 1.54) is 19.3 Å². The summed E-state index contributed by atoms with van der Waals surface area (Å²) in [6.07, 6.45) is 11.6. The first-order valence-corrected chi connectivity index (χ1v) is 4.23. The molecule has 0 N–H and O–H groups in total. The Kier molecular flexibility index (Phi) is 2.18.